The van der Waals surface area contributed by atoms with Gasteiger partial charge in [-0.15, -0.1) is 0 Å². The van der Waals surface area contributed by atoms with Crippen molar-refractivity contribution in [3.8, 4) is 0 Å². The van der Waals surface area contributed by atoms with E-state index in [1.165, 1.54) is 0 Å². The van der Waals surface area contributed by atoms with Crippen LogP contribution in [0, 0.1) is 64.2 Å². The molecule has 5 saturated carbocycles. The van der Waals surface area contributed by atoms with Gasteiger partial charge >= 0.3 is 30.2 Å². The molecule has 720 valence electrons. The molecule has 5 aromatic carbocycles. The van der Waals surface area contributed by atoms with Crippen molar-refractivity contribution < 1.29 is 54.1 Å². The van der Waals surface area contributed by atoms with Crippen LogP contribution in [0.2, 0.25) is 25.1 Å². The van der Waals surface area contributed by atoms with E-state index in [2.05, 4.69) is 56.7 Å². The first-order chi connectivity index (χ1) is 70.9. The van der Waals surface area contributed by atoms with Crippen molar-refractivity contribution in [1.82, 2.24) is 51.1 Å². The Hall–Kier alpha value is -7.30. The number of piperazine rings is 5. The van der Waals surface area contributed by atoms with E-state index < -0.39 is 124 Å². The minimum absolute atomic E-state index is 0.00167. The van der Waals surface area contributed by atoms with Crippen molar-refractivity contribution in [3.05, 3.63) is 144 Å². The van der Waals surface area contributed by atoms with Crippen LogP contribution in [0.4, 0.5) is 52.4 Å². The highest BCUT2D eigenvalue weighted by Gasteiger charge is 2.32. The van der Waals surface area contributed by atoms with Crippen molar-refractivity contribution >= 4 is 117 Å². The first-order valence-electron chi connectivity index (χ1n) is 57.4. The lowest BCUT2D eigenvalue weighted by Gasteiger charge is -2.37. The lowest BCUT2D eigenvalue weighted by atomic mass is 9.84. The van der Waals surface area contributed by atoms with Gasteiger partial charge in [0.05, 0.1) is 54.9 Å². The zero-order chi connectivity index (χ0) is 112. The minimum Gasteiger partial charge on any atom is -0.368 e. The van der Waals surface area contributed by atoms with Gasteiger partial charge in [-0.3, -0.25) is 24.5 Å². The molecule has 0 unspecified atom stereocenters. The number of carbonyl (C=O) groups excluding carboxylic acids is 5. The van der Waals surface area contributed by atoms with E-state index in [1.54, 1.807) is 15.1 Å². The third-order valence-corrected chi connectivity index (χ3v) is 28.7. The fourth-order valence-electron chi connectivity index (χ4n) is 18.3. The molecule has 0 bridgehead atoms. The largest absolute Gasteiger partial charge is 0.368 e. The second kappa shape index (κ2) is 53.1. The molecule has 5 aliphatic carbocycles. The predicted octanol–water partition coefficient (Wildman–Crippen LogP) is 16.9. The Labute approximate surface area is 832 Å². The molecular formula is C100H155Cl5N20O5. The Balaban J connectivity index is 0.000000180. The third kappa shape index (κ3) is 33.4. The third-order valence-electron chi connectivity index (χ3n) is 26.2. The Morgan fingerprint density at radius 3 is 0.815 bits per heavy atom. The zero-order valence-electron chi connectivity index (χ0n) is 98.4. The van der Waals surface area contributed by atoms with E-state index in [0.29, 0.717) is 177 Å². The quantitative estimate of drug-likeness (QED) is 0.0260. The molecule has 0 radical (unpaired) electrons. The van der Waals surface area contributed by atoms with E-state index in [9.17, 15) is 24.0 Å². The topological polar surface area (TPSA) is 308 Å². The molecule has 130 heavy (non-hydrogen) atoms. The minimum atomic E-state index is -3.51. The smallest absolute Gasteiger partial charge is 0.312 e. The van der Waals surface area contributed by atoms with Crippen LogP contribution in [0.5, 0.6) is 0 Å². The van der Waals surface area contributed by atoms with Crippen molar-refractivity contribution in [2.24, 2.45) is 58.2 Å². The van der Waals surface area contributed by atoms with Gasteiger partial charge in [0.15, 0.2) is 0 Å². The lowest BCUT2D eigenvalue weighted by Crippen LogP contribution is -2.47. The molecule has 0 aromatic heterocycles. The second-order valence-corrected chi connectivity index (χ2v) is 37.5. The summed E-state index contributed by atoms with van der Waals surface area (Å²) in [6.07, 6.45) is -7.64. The number of hydrogen-bond acceptors (Lipinski definition) is 15. The molecule has 30 heteroatoms. The molecule has 5 aromatic rings. The Bertz CT molecular complexity index is 5270. The molecule has 0 atom stereocenters. The van der Waals surface area contributed by atoms with Gasteiger partial charge in [0.25, 0.3) is 0 Å². The number of aryl methyl sites for hydroxylation is 5. The van der Waals surface area contributed by atoms with Crippen molar-refractivity contribution in [2.45, 2.75) is 225 Å². The summed E-state index contributed by atoms with van der Waals surface area (Å²) in [5.74, 6) is -3.35. The number of primary amides is 5. The maximum Gasteiger partial charge on any atom is 0.312 e. The van der Waals surface area contributed by atoms with E-state index in [4.69, 9.17) is 117 Å². The van der Waals surface area contributed by atoms with Crippen LogP contribution in [0.1, 0.15) is 218 Å². The highest BCUT2D eigenvalue weighted by atomic mass is 35.5. The number of benzene rings is 5. The summed E-state index contributed by atoms with van der Waals surface area (Å²) in [4.78, 5) is 75.8. The molecule has 0 spiro atoms. The first-order valence-corrected chi connectivity index (χ1v) is 48.3. The van der Waals surface area contributed by atoms with Gasteiger partial charge in [-0.25, -0.2) is 24.0 Å². The average molecular weight is 1920 g/mol. The fourth-order valence-corrected chi connectivity index (χ4v) is 19.5. The number of hydrogen-bond donors (Lipinski definition) is 10. The first kappa shape index (κ1) is 75.9. The number of urea groups is 5. The predicted molar refractivity (Wildman–Crippen MR) is 540 cm³/mol. The summed E-state index contributed by atoms with van der Waals surface area (Å²) >= 11 is 32.3. The van der Waals surface area contributed by atoms with Crippen LogP contribution in [0.25, 0.3) is 0 Å². The molecule has 10 aliphatic rings. The summed E-state index contributed by atoms with van der Waals surface area (Å²) in [6, 6.07) is 22.8. The van der Waals surface area contributed by atoms with E-state index in [1.807, 2.05) is 129 Å². The van der Waals surface area contributed by atoms with Crippen LogP contribution in [0.15, 0.2) is 91.0 Å². The summed E-state index contributed by atoms with van der Waals surface area (Å²) in [7, 11) is 0. The van der Waals surface area contributed by atoms with Gasteiger partial charge in [0.2, 0.25) is 0 Å². The SMILES string of the molecule is [2H]C([2H])(C1CCC(NC(N)=O)CC1)C([2H])([2H])N1CCN(c2cccc(C)c2Cl)CC1.[2H]C([2H])(C1CCC(NC(N)=O)CC1)C([2H])([2H])N1CCN(c2cccc(C)c2Cl)CC1.[2H]C([2H])(CC1CCC(NC(N)=O)CC1)N1CCN(c2cccc(C)c2Cl)CC1.[2H]C([2H])(CN1CCN(c2cccc(C)c2Cl)CC1)C1CCC(NC(N)=O)CC1.[2H]C1([2H])C([2H])([2H])C([2H])(NC(N)=O)C([2H])([2H])C([2H])([2H])C1([2H])CCN1CCN(c2cccc(C)c2Cl)CC1. The Morgan fingerprint density at radius 2 is 0.546 bits per heavy atom. The van der Waals surface area contributed by atoms with Crippen LogP contribution in [0.3, 0.4) is 0 Å². The summed E-state index contributed by atoms with van der Waals surface area (Å²) < 4.78 is 188. The lowest BCUT2D eigenvalue weighted by molar-refractivity contribution is 0.207. The Kier molecular flexibility index (Phi) is 31.0. The van der Waals surface area contributed by atoms with Crippen LogP contribution < -0.4 is 79.8 Å². The molecule has 5 aliphatic heterocycles. The van der Waals surface area contributed by atoms with Gasteiger partial charge < -0.3 is 79.8 Å². The van der Waals surface area contributed by atoms with E-state index in [-0.39, 0.29) is 36.6 Å². The van der Waals surface area contributed by atoms with Crippen molar-refractivity contribution in [1.29, 1.82) is 0 Å². The van der Waals surface area contributed by atoms with Gasteiger partial charge in [-0.2, -0.15) is 0 Å². The number of carbonyl (C=O) groups is 5. The summed E-state index contributed by atoms with van der Waals surface area (Å²) in [5.41, 5.74) is 35.7. The Morgan fingerprint density at radius 1 is 0.308 bits per heavy atom. The maximum atomic E-state index is 11.5. The monoisotopic (exact) mass is 1910 g/mol. The number of anilines is 5. The molecule has 15 N–H and O–H groups in total. The van der Waals surface area contributed by atoms with Gasteiger partial charge in [-0.05, 0) is 315 Å². The number of nitrogens with zero attached hydrogens (tertiary/aromatic N) is 10. The number of amides is 10. The highest BCUT2D eigenvalue weighted by molar-refractivity contribution is 6.35. The van der Waals surface area contributed by atoms with E-state index >= 15 is 0 Å². The molecule has 15 rings (SSSR count). The molecule has 25 nitrogen and oxygen atoms in total. The van der Waals surface area contributed by atoms with Gasteiger partial charge in [0.1, 0.15) is 0 Å². The van der Waals surface area contributed by atoms with Crippen molar-refractivity contribution in [2.75, 3.05) is 188 Å². The number of nitrogens with two attached hydrogens (primary N) is 5. The summed E-state index contributed by atoms with van der Waals surface area (Å²) in [5, 5.41) is 16.2. The summed E-state index contributed by atoms with van der Waals surface area (Å²) in [6.45, 7) is 17.3. The number of rotatable bonds is 25. The van der Waals surface area contributed by atoms with Gasteiger partial charge in [0, 0.05) is 190 Å². The fraction of sp³-hybridized carbons (Fsp3) is 0.650. The second-order valence-electron chi connectivity index (χ2n) is 35.6. The van der Waals surface area contributed by atoms with Gasteiger partial charge in [-0.1, -0.05) is 119 Å². The molecule has 10 fully saturated rings. The van der Waals surface area contributed by atoms with Crippen molar-refractivity contribution in [3.63, 3.8) is 0 Å². The van der Waals surface area contributed by atoms with Crippen LogP contribution >= 0.6 is 58.0 Å². The van der Waals surface area contributed by atoms with Crippen LogP contribution in [-0.2, 0) is 0 Å². The number of nitrogens with one attached hydrogen (secondary N) is 5. The maximum absolute atomic E-state index is 11.5. The zero-order valence-corrected chi connectivity index (χ0v) is 80.1. The molecule has 5 heterocycles. The highest BCUT2D eigenvalue weighted by Crippen LogP contribution is 2.38. The standard InChI is InChI=1S/5C20H31ClN4O/c5*1-15-3-2-4-18(19(15)21)25-13-11-24(12-14-25)10-9-16-5-7-17(8-6-16)23-20(22)26/h5*2-4,16-17H,5-14H2,1H3,(H3,22,23,26)/i5D2,6D2,7D2,8D2,16D,17D;2*9D2,10D2;10D2;9D2. The average Bonchev–Trinajstić information content (AvgIpc) is 0.656. The normalized spacial score (nSPS) is 30.3. The molecule has 10 amide bonds. The number of halogens is 5. The van der Waals surface area contributed by atoms with E-state index in [0.717, 1.165) is 157 Å². The van der Waals surface area contributed by atoms with Crippen LogP contribution in [-0.4, -0.2) is 248 Å². The molecule has 5 saturated heterocycles. The molecular weight excluding hydrogens is 1740 g/mol.